The maximum absolute atomic E-state index is 13.4. The van der Waals surface area contributed by atoms with E-state index in [1.54, 1.807) is 18.3 Å². The van der Waals surface area contributed by atoms with Crippen LogP contribution in [0.1, 0.15) is 44.5 Å². The Morgan fingerprint density at radius 2 is 1.91 bits per heavy atom. The molecule has 2 aromatic carbocycles. The summed E-state index contributed by atoms with van der Waals surface area (Å²) in [6, 6.07) is 7.13. The predicted octanol–water partition coefficient (Wildman–Crippen LogP) is 6.03. The van der Waals surface area contributed by atoms with Crippen LogP contribution in [0.15, 0.2) is 47.6 Å². The summed E-state index contributed by atoms with van der Waals surface area (Å²) in [5.74, 6) is 0.811. The summed E-state index contributed by atoms with van der Waals surface area (Å²) in [5, 5.41) is 4.99. The molecule has 3 rings (SSSR count). The van der Waals surface area contributed by atoms with Gasteiger partial charge in [0.05, 0.1) is 35.3 Å². The third-order valence-electron chi connectivity index (χ3n) is 5.22. The molecule has 0 bridgehead atoms. The second-order valence-corrected chi connectivity index (χ2v) is 10.0. The first-order valence-corrected chi connectivity index (χ1v) is 13.2. The lowest BCUT2D eigenvalue weighted by molar-refractivity contribution is -0.142. The van der Waals surface area contributed by atoms with E-state index in [9.17, 15) is 9.59 Å². The van der Waals surface area contributed by atoms with Crippen molar-refractivity contribution in [3.63, 3.8) is 0 Å². The Morgan fingerprint density at radius 1 is 1.17 bits per heavy atom. The molecule has 3 aromatic rings. The van der Waals surface area contributed by atoms with E-state index in [4.69, 9.17) is 14.5 Å². The highest BCUT2D eigenvalue weighted by Crippen LogP contribution is 2.42. The van der Waals surface area contributed by atoms with Crippen LogP contribution in [-0.4, -0.2) is 42.2 Å². The zero-order valence-corrected chi connectivity index (χ0v) is 24.4. The molecule has 35 heavy (non-hydrogen) atoms. The Labute approximate surface area is 228 Å². The molecule has 0 radical (unpaired) electrons. The number of aromatic nitrogens is 2. The van der Waals surface area contributed by atoms with Crippen molar-refractivity contribution in [3.05, 3.63) is 59.4 Å². The molecule has 1 aromatic heterocycles. The average Bonchev–Trinajstić information content (AvgIpc) is 2.85. The van der Waals surface area contributed by atoms with Crippen LogP contribution in [0.3, 0.4) is 0 Å². The smallest absolute Gasteiger partial charge is 0.343 e. The Kier molecular flexibility index (Phi) is 9.48. The summed E-state index contributed by atoms with van der Waals surface area (Å²) in [6.07, 6.45) is 2.35. The second-order valence-electron chi connectivity index (χ2n) is 7.52. The van der Waals surface area contributed by atoms with Crippen LogP contribution < -0.4 is 15.0 Å². The van der Waals surface area contributed by atoms with Gasteiger partial charge in [0, 0.05) is 20.4 Å². The molecular weight excluding hydrogens is 650 g/mol. The van der Waals surface area contributed by atoms with Gasteiger partial charge in [-0.15, -0.1) is 0 Å². The molecular formula is C24H24Br3N3O5. The first-order chi connectivity index (χ1) is 16.7. The van der Waals surface area contributed by atoms with E-state index in [0.29, 0.717) is 49.3 Å². The monoisotopic (exact) mass is 671 g/mol. The largest absolute Gasteiger partial charge is 0.490 e. The molecule has 186 valence electrons. The summed E-state index contributed by atoms with van der Waals surface area (Å²) >= 11 is 10.5. The van der Waals surface area contributed by atoms with Gasteiger partial charge in [-0.2, -0.15) is 9.78 Å². The molecule has 8 nitrogen and oxygen atoms in total. The molecule has 0 fully saturated rings. The molecule has 0 saturated carbocycles. The molecule has 0 N–H and O–H groups in total. The number of methoxy groups -OCH3 is 1. The van der Waals surface area contributed by atoms with E-state index in [1.165, 1.54) is 11.8 Å². The quantitative estimate of drug-likeness (QED) is 0.204. The molecule has 0 amide bonds. The van der Waals surface area contributed by atoms with Crippen LogP contribution in [0.4, 0.5) is 0 Å². The molecule has 0 saturated heterocycles. The molecule has 11 heteroatoms. The molecule has 0 aliphatic carbocycles. The fourth-order valence-corrected chi connectivity index (χ4v) is 4.48. The van der Waals surface area contributed by atoms with Crippen molar-refractivity contribution in [1.82, 2.24) is 9.66 Å². The second kappa shape index (κ2) is 12.1. The number of rotatable bonds is 9. The number of carbonyl (C=O) groups excluding carboxylic acids is 1. The lowest BCUT2D eigenvalue weighted by Crippen LogP contribution is -2.23. The summed E-state index contributed by atoms with van der Waals surface area (Å²) in [6.45, 7) is 5.98. The summed E-state index contributed by atoms with van der Waals surface area (Å²) in [7, 11) is 1.29. The van der Waals surface area contributed by atoms with Crippen LogP contribution >= 0.6 is 47.8 Å². The number of halogens is 3. The van der Waals surface area contributed by atoms with Crippen molar-refractivity contribution in [2.24, 2.45) is 5.10 Å². The van der Waals surface area contributed by atoms with Gasteiger partial charge in [-0.25, -0.2) is 9.78 Å². The number of benzene rings is 2. The molecule has 0 aliphatic rings. The lowest BCUT2D eigenvalue weighted by Gasteiger charge is -2.16. The van der Waals surface area contributed by atoms with Crippen LogP contribution in [0.2, 0.25) is 0 Å². The van der Waals surface area contributed by atoms with Gasteiger partial charge in [0.2, 0.25) is 0 Å². The first-order valence-electron chi connectivity index (χ1n) is 10.8. The number of hydrogen-bond acceptors (Lipinski definition) is 7. The zero-order chi connectivity index (χ0) is 25.7. The lowest BCUT2D eigenvalue weighted by atomic mass is 10.1. The molecule has 0 unspecified atom stereocenters. The van der Waals surface area contributed by atoms with Gasteiger partial charge >= 0.3 is 5.97 Å². The minimum absolute atomic E-state index is 0.0103. The fraction of sp³-hybridized carbons (Fsp3) is 0.333. The number of nitrogens with zero attached hydrogens (tertiary/aromatic N) is 3. The predicted molar refractivity (Wildman–Crippen MR) is 146 cm³/mol. The maximum atomic E-state index is 13.4. The molecule has 1 atom stereocenters. The van der Waals surface area contributed by atoms with Crippen LogP contribution in [0.25, 0.3) is 10.9 Å². The van der Waals surface area contributed by atoms with Gasteiger partial charge in [0.15, 0.2) is 18.1 Å². The number of ether oxygens (including phenoxy) is 3. The summed E-state index contributed by atoms with van der Waals surface area (Å²) in [4.78, 5) is 29.7. The molecule has 0 spiro atoms. The van der Waals surface area contributed by atoms with Crippen molar-refractivity contribution in [2.45, 2.75) is 33.1 Å². The van der Waals surface area contributed by atoms with Gasteiger partial charge in [0.1, 0.15) is 5.82 Å². The van der Waals surface area contributed by atoms with Crippen LogP contribution in [-0.2, 0) is 9.53 Å². The van der Waals surface area contributed by atoms with E-state index in [0.717, 1.165) is 10.9 Å². The highest BCUT2D eigenvalue weighted by molar-refractivity contribution is 9.13. The van der Waals surface area contributed by atoms with E-state index >= 15 is 0 Å². The SMILES string of the molecule is CCOc1cc(C=Nn2c([C@H](C)CC)nc3ccc(Br)cc3c2=O)c(Br)c(Br)c1OCC(=O)OC. The highest BCUT2D eigenvalue weighted by atomic mass is 79.9. The van der Waals surface area contributed by atoms with E-state index in [2.05, 4.69) is 57.6 Å². The van der Waals surface area contributed by atoms with Crippen molar-refractivity contribution < 1.29 is 19.0 Å². The van der Waals surface area contributed by atoms with E-state index in [-0.39, 0.29) is 18.1 Å². The third kappa shape index (κ3) is 6.13. The Bertz CT molecular complexity index is 1340. The highest BCUT2D eigenvalue weighted by Gasteiger charge is 2.19. The zero-order valence-electron chi connectivity index (χ0n) is 19.6. The van der Waals surface area contributed by atoms with Gasteiger partial charge in [0.25, 0.3) is 5.56 Å². The number of hydrogen-bond donors (Lipinski definition) is 0. The average molecular weight is 674 g/mol. The van der Waals surface area contributed by atoms with Crippen molar-refractivity contribution in [2.75, 3.05) is 20.3 Å². The van der Waals surface area contributed by atoms with E-state index in [1.807, 2.05) is 32.9 Å². The minimum Gasteiger partial charge on any atom is -0.490 e. The summed E-state index contributed by atoms with van der Waals surface area (Å²) < 4.78 is 19.3. The van der Waals surface area contributed by atoms with Gasteiger partial charge < -0.3 is 14.2 Å². The molecule has 0 aliphatic heterocycles. The number of carbonyl (C=O) groups is 1. The van der Waals surface area contributed by atoms with Crippen LogP contribution in [0.5, 0.6) is 11.5 Å². The Morgan fingerprint density at radius 3 is 2.57 bits per heavy atom. The number of fused-ring (bicyclic) bond motifs is 1. The normalized spacial score (nSPS) is 12.2. The van der Waals surface area contributed by atoms with Crippen molar-refractivity contribution in [3.8, 4) is 11.5 Å². The standard InChI is InChI=1S/C24H24Br3N3O5/c1-5-13(3)23-29-17-8-7-15(25)10-16(17)24(32)30(23)28-11-14-9-18(34-6-2)22(21(27)20(14)26)35-12-19(31)33-4/h7-11,13H,5-6,12H2,1-4H3/t13-/m1/s1. The van der Waals surface area contributed by atoms with E-state index < -0.39 is 5.97 Å². The van der Waals surface area contributed by atoms with Gasteiger partial charge in [-0.1, -0.05) is 29.8 Å². The van der Waals surface area contributed by atoms with Crippen LogP contribution in [0, 0.1) is 0 Å². The maximum Gasteiger partial charge on any atom is 0.343 e. The molecule has 1 heterocycles. The summed E-state index contributed by atoms with van der Waals surface area (Å²) in [5.41, 5.74) is 0.984. The van der Waals surface area contributed by atoms with Crippen molar-refractivity contribution >= 4 is 70.9 Å². The third-order valence-corrected chi connectivity index (χ3v) is 7.85. The van der Waals surface area contributed by atoms with Crippen molar-refractivity contribution in [1.29, 1.82) is 0 Å². The number of esters is 1. The topological polar surface area (TPSA) is 92.0 Å². The Hall–Kier alpha value is -2.24. The Balaban J connectivity index is 2.13. The first kappa shape index (κ1) is 27.3. The minimum atomic E-state index is -0.520. The fourth-order valence-electron chi connectivity index (χ4n) is 3.18. The van der Waals surface area contributed by atoms with Gasteiger partial charge in [-0.05, 0) is 69.5 Å². The van der Waals surface area contributed by atoms with Gasteiger partial charge in [-0.3, -0.25) is 4.79 Å².